The highest BCUT2D eigenvalue weighted by Gasteiger charge is 2.10. The highest BCUT2D eigenvalue weighted by atomic mass is 16.4. The Morgan fingerprint density at radius 2 is 2.00 bits per heavy atom. The van der Waals surface area contributed by atoms with Crippen molar-refractivity contribution in [3.63, 3.8) is 0 Å². The van der Waals surface area contributed by atoms with Crippen LogP contribution in [0.25, 0.3) is 0 Å². The van der Waals surface area contributed by atoms with E-state index in [1.54, 1.807) is 12.1 Å². The Bertz CT molecular complexity index is 623. The van der Waals surface area contributed by atoms with Gasteiger partial charge >= 0.3 is 5.97 Å². The minimum absolute atomic E-state index is 0.0326. The van der Waals surface area contributed by atoms with Gasteiger partial charge in [0.15, 0.2) is 0 Å². The number of carboxylic acid groups (broad SMARTS) is 1. The van der Waals surface area contributed by atoms with Crippen molar-refractivity contribution >= 4 is 17.7 Å². The number of carbonyl (C=O) groups is 2. The SMILES string of the molecule is Cc1cccc(NC(=O)c2ccc(C(=O)O)cn2)n1. The van der Waals surface area contributed by atoms with Crippen molar-refractivity contribution in [2.75, 3.05) is 5.32 Å². The Morgan fingerprint density at radius 1 is 1.21 bits per heavy atom. The van der Waals surface area contributed by atoms with Crippen LogP contribution in [0.5, 0.6) is 0 Å². The summed E-state index contributed by atoms with van der Waals surface area (Å²) in [5.41, 5.74) is 0.950. The quantitative estimate of drug-likeness (QED) is 0.873. The lowest BCUT2D eigenvalue weighted by Gasteiger charge is -2.04. The molecule has 0 fully saturated rings. The van der Waals surface area contributed by atoms with Gasteiger partial charge in [0.05, 0.1) is 5.56 Å². The molecule has 6 nitrogen and oxygen atoms in total. The van der Waals surface area contributed by atoms with Crippen molar-refractivity contribution in [2.45, 2.75) is 6.92 Å². The first kappa shape index (κ1) is 12.7. The van der Waals surface area contributed by atoms with E-state index in [0.717, 1.165) is 11.9 Å². The van der Waals surface area contributed by atoms with Crippen LogP contribution in [-0.2, 0) is 0 Å². The van der Waals surface area contributed by atoms with Crippen LogP contribution >= 0.6 is 0 Å². The van der Waals surface area contributed by atoms with Gasteiger partial charge in [0.2, 0.25) is 0 Å². The molecule has 2 aromatic rings. The number of hydrogen-bond donors (Lipinski definition) is 2. The van der Waals surface area contributed by atoms with E-state index in [2.05, 4.69) is 15.3 Å². The van der Waals surface area contributed by atoms with E-state index in [1.807, 2.05) is 13.0 Å². The van der Waals surface area contributed by atoms with Crippen LogP contribution in [-0.4, -0.2) is 27.0 Å². The monoisotopic (exact) mass is 257 g/mol. The fourth-order valence-corrected chi connectivity index (χ4v) is 1.45. The summed E-state index contributed by atoms with van der Waals surface area (Å²) in [6.45, 7) is 1.82. The minimum atomic E-state index is -1.08. The number of nitrogens with zero attached hydrogens (tertiary/aromatic N) is 2. The molecular formula is C13H11N3O3. The van der Waals surface area contributed by atoms with Crippen LogP contribution < -0.4 is 5.32 Å². The minimum Gasteiger partial charge on any atom is -0.478 e. The highest BCUT2D eigenvalue weighted by molar-refractivity contribution is 6.02. The molecule has 0 unspecified atom stereocenters. The van der Waals surface area contributed by atoms with Gasteiger partial charge in [0, 0.05) is 11.9 Å². The van der Waals surface area contributed by atoms with Gasteiger partial charge in [-0.15, -0.1) is 0 Å². The van der Waals surface area contributed by atoms with Gasteiger partial charge in [-0.2, -0.15) is 0 Å². The van der Waals surface area contributed by atoms with Crippen molar-refractivity contribution in [3.05, 3.63) is 53.5 Å². The molecule has 0 aliphatic carbocycles. The third-order valence-corrected chi connectivity index (χ3v) is 2.37. The predicted molar refractivity (Wildman–Crippen MR) is 68.1 cm³/mol. The molecule has 19 heavy (non-hydrogen) atoms. The average Bonchev–Trinajstić information content (AvgIpc) is 2.39. The van der Waals surface area contributed by atoms with Gasteiger partial charge in [-0.3, -0.25) is 9.78 Å². The summed E-state index contributed by atoms with van der Waals surface area (Å²) in [6.07, 6.45) is 1.14. The summed E-state index contributed by atoms with van der Waals surface area (Å²) >= 11 is 0. The predicted octanol–water partition coefficient (Wildman–Crippen LogP) is 1.74. The molecule has 0 radical (unpaired) electrons. The average molecular weight is 257 g/mol. The zero-order chi connectivity index (χ0) is 13.8. The number of aromatic nitrogens is 2. The summed E-state index contributed by atoms with van der Waals surface area (Å²) in [5, 5.41) is 11.3. The van der Waals surface area contributed by atoms with E-state index in [9.17, 15) is 9.59 Å². The number of carboxylic acids is 1. The van der Waals surface area contributed by atoms with E-state index in [4.69, 9.17) is 5.11 Å². The van der Waals surface area contributed by atoms with Gasteiger partial charge in [0.1, 0.15) is 11.5 Å². The molecule has 0 bridgehead atoms. The van der Waals surface area contributed by atoms with Crippen LogP contribution in [0.1, 0.15) is 26.5 Å². The molecule has 0 saturated heterocycles. The number of hydrogen-bond acceptors (Lipinski definition) is 4. The first-order valence-electron chi connectivity index (χ1n) is 5.50. The Hall–Kier alpha value is -2.76. The van der Waals surface area contributed by atoms with Gasteiger partial charge in [0.25, 0.3) is 5.91 Å². The van der Waals surface area contributed by atoms with Gasteiger partial charge in [-0.1, -0.05) is 6.07 Å². The number of carbonyl (C=O) groups excluding carboxylic acids is 1. The molecule has 2 aromatic heterocycles. The Balaban J connectivity index is 2.14. The maximum atomic E-state index is 11.8. The van der Waals surface area contributed by atoms with Gasteiger partial charge in [-0.25, -0.2) is 9.78 Å². The fourth-order valence-electron chi connectivity index (χ4n) is 1.45. The van der Waals surface area contributed by atoms with Crippen molar-refractivity contribution in [1.82, 2.24) is 9.97 Å². The van der Waals surface area contributed by atoms with Crippen molar-refractivity contribution < 1.29 is 14.7 Å². The highest BCUT2D eigenvalue weighted by Crippen LogP contribution is 2.07. The first-order chi connectivity index (χ1) is 9.06. The van der Waals surface area contributed by atoms with Crippen LogP contribution in [0.15, 0.2) is 36.5 Å². The smallest absolute Gasteiger partial charge is 0.337 e. The fraction of sp³-hybridized carbons (Fsp3) is 0.0769. The topological polar surface area (TPSA) is 92.2 Å². The lowest BCUT2D eigenvalue weighted by molar-refractivity contribution is 0.0696. The number of amides is 1. The van der Waals surface area contributed by atoms with E-state index >= 15 is 0 Å². The Kier molecular flexibility index (Phi) is 3.51. The molecule has 0 saturated carbocycles. The molecule has 2 heterocycles. The number of anilines is 1. The number of aryl methyl sites for hydroxylation is 1. The molecule has 2 N–H and O–H groups in total. The molecule has 0 aromatic carbocycles. The molecule has 2 rings (SSSR count). The normalized spacial score (nSPS) is 9.95. The second kappa shape index (κ2) is 5.26. The summed E-state index contributed by atoms with van der Waals surface area (Å²) < 4.78 is 0. The maximum Gasteiger partial charge on any atom is 0.337 e. The van der Waals surface area contributed by atoms with E-state index in [-0.39, 0.29) is 11.3 Å². The second-order valence-electron chi connectivity index (χ2n) is 3.86. The zero-order valence-electron chi connectivity index (χ0n) is 10.1. The van der Waals surface area contributed by atoms with Crippen molar-refractivity contribution in [1.29, 1.82) is 0 Å². The van der Waals surface area contributed by atoms with Crippen LogP contribution in [0.2, 0.25) is 0 Å². The van der Waals surface area contributed by atoms with Crippen LogP contribution in [0, 0.1) is 6.92 Å². The lowest BCUT2D eigenvalue weighted by Crippen LogP contribution is -2.15. The lowest BCUT2D eigenvalue weighted by atomic mass is 10.2. The Morgan fingerprint density at radius 3 is 2.58 bits per heavy atom. The molecular weight excluding hydrogens is 246 g/mol. The maximum absolute atomic E-state index is 11.8. The number of aromatic carboxylic acids is 1. The molecule has 0 spiro atoms. The third-order valence-electron chi connectivity index (χ3n) is 2.37. The summed E-state index contributed by atoms with van der Waals surface area (Å²) in [7, 11) is 0. The van der Waals surface area contributed by atoms with E-state index in [1.165, 1.54) is 12.1 Å². The molecule has 1 amide bonds. The standard InChI is InChI=1S/C13H11N3O3/c1-8-3-2-4-11(15-8)16-12(17)10-6-5-9(7-14-10)13(18)19/h2-7H,1H3,(H,18,19)(H,15,16,17). The molecule has 96 valence electrons. The van der Waals surface area contributed by atoms with Crippen LogP contribution in [0.3, 0.4) is 0 Å². The van der Waals surface area contributed by atoms with Gasteiger partial charge < -0.3 is 10.4 Å². The Labute approximate surface area is 109 Å². The molecule has 0 atom stereocenters. The molecule has 0 aliphatic heterocycles. The number of pyridine rings is 2. The second-order valence-corrected chi connectivity index (χ2v) is 3.86. The van der Waals surface area contributed by atoms with Crippen LogP contribution in [0.4, 0.5) is 5.82 Å². The summed E-state index contributed by atoms with van der Waals surface area (Å²) in [5.74, 6) is -1.09. The summed E-state index contributed by atoms with van der Waals surface area (Å²) in [6, 6.07) is 7.94. The largest absolute Gasteiger partial charge is 0.478 e. The summed E-state index contributed by atoms with van der Waals surface area (Å²) in [4.78, 5) is 30.4. The zero-order valence-corrected chi connectivity index (χ0v) is 10.1. The van der Waals surface area contributed by atoms with E-state index in [0.29, 0.717) is 5.82 Å². The molecule has 0 aliphatic rings. The molecule has 6 heteroatoms. The number of rotatable bonds is 3. The third kappa shape index (κ3) is 3.12. The van der Waals surface area contributed by atoms with Gasteiger partial charge in [-0.05, 0) is 31.2 Å². The first-order valence-corrected chi connectivity index (χ1v) is 5.50. The van der Waals surface area contributed by atoms with Crippen molar-refractivity contribution in [3.8, 4) is 0 Å². The van der Waals surface area contributed by atoms with Crippen molar-refractivity contribution in [2.24, 2.45) is 0 Å². The van der Waals surface area contributed by atoms with E-state index < -0.39 is 11.9 Å². The number of nitrogens with one attached hydrogen (secondary N) is 1.